The first-order valence-electron chi connectivity index (χ1n) is 5.99. The summed E-state index contributed by atoms with van der Waals surface area (Å²) < 4.78 is 24.7. The van der Waals surface area contributed by atoms with Crippen molar-refractivity contribution >= 4 is 15.9 Å². The van der Waals surface area contributed by atoms with E-state index < -0.39 is 11.9 Å². The predicted molar refractivity (Wildman–Crippen MR) is 79.7 cm³/mol. The maximum atomic E-state index is 13.8. The quantitative estimate of drug-likeness (QED) is 0.924. The van der Waals surface area contributed by atoms with Crippen molar-refractivity contribution in [1.29, 1.82) is 0 Å². The highest BCUT2D eigenvalue weighted by molar-refractivity contribution is 9.10. The first-order valence-corrected chi connectivity index (χ1v) is 6.78. The molecule has 0 aliphatic rings. The van der Waals surface area contributed by atoms with Crippen molar-refractivity contribution in [1.82, 2.24) is 0 Å². The molecular weight excluding hydrogens is 325 g/mol. The summed E-state index contributed by atoms with van der Waals surface area (Å²) in [5, 5.41) is 0. The van der Waals surface area contributed by atoms with Crippen molar-refractivity contribution in [2.24, 2.45) is 5.73 Å². The number of ether oxygens (including phenoxy) is 2. The summed E-state index contributed by atoms with van der Waals surface area (Å²) >= 11 is 3.45. The molecule has 106 valence electrons. The second kappa shape index (κ2) is 6.24. The molecule has 2 N–H and O–H groups in total. The number of hydrogen-bond donors (Lipinski definition) is 1. The van der Waals surface area contributed by atoms with Crippen molar-refractivity contribution in [3.63, 3.8) is 0 Å². The van der Waals surface area contributed by atoms with Crippen LogP contribution in [0.1, 0.15) is 17.2 Å². The molecule has 0 aromatic heterocycles. The number of hydrogen-bond acceptors (Lipinski definition) is 3. The van der Waals surface area contributed by atoms with Gasteiger partial charge in [0.15, 0.2) is 11.6 Å². The Hall–Kier alpha value is -1.59. The van der Waals surface area contributed by atoms with Gasteiger partial charge in [-0.05, 0) is 41.5 Å². The molecule has 1 unspecified atom stereocenters. The van der Waals surface area contributed by atoms with Gasteiger partial charge in [-0.2, -0.15) is 0 Å². The minimum atomic E-state index is -0.458. The van der Waals surface area contributed by atoms with E-state index in [1.165, 1.54) is 13.2 Å². The SMILES string of the molecule is COc1ccc(Br)c(C(N)c2ccc(OC)c(F)c2)c1. The maximum absolute atomic E-state index is 13.8. The van der Waals surface area contributed by atoms with Gasteiger partial charge in [0, 0.05) is 4.47 Å². The Morgan fingerprint density at radius 3 is 2.45 bits per heavy atom. The molecule has 2 rings (SSSR count). The van der Waals surface area contributed by atoms with E-state index in [2.05, 4.69) is 15.9 Å². The molecule has 2 aromatic rings. The molecule has 0 amide bonds. The van der Waals surface area contributed by atoms with Crippen LogP contribution in [0.5, 0.6) is 11.5 Å². The summed E-state index contributed by atoms with van der Waals surface area (Å²) in [5.74, 6) is 0.470. The summed E-state index contributed by atoms with van der Waals surface area (Å²) in [6.07, 6.45) is 0. The first kappa shape index (κ1) is 14.8. The Bertz CT molecular complexity index is 619. The Kier molecular flexibility index (Phi) is 4.62. The summed E-state index contributed by atoms with van der Waals surface area (Å²) in [7, 11) is 3.02. The van der Waals surface area contributed by atoms with E-state index in [1.807, 2.05) is 18.2 Å². The van der Waals surface area contributed by atoms with Gasteiger partial charge in [0.1, 0.15) is 5.75 Å². The lowest BCUT2D eigenvalue weighted by Gasteiger charge is -2.16. The van der Waals surface area contributed by atoms with Gasteiger partial charge in [-0.3, -0.25) is 0 Å². The third-order valence-electron chi connectivity index (χ3n) is 3.07. The predicted octanol–water partition coefficient (Wildman–Crippen LogP) is 3.65. The molecule has 0 aliphatic heterocycles. The fourth-order valence-corrected chi connectivity index (χ4v) is 2.44. The Labute approximate surface area is 125 Å². The average molecular weight is 340 g/mol. The van der Waals surface area contributed by atoms with Crippen LogP contribution in [0, 0.1) is 5.82 Å². The van der Waals surface area contributed by atoms with E-state index in [4.69, 9.17) is 15.2 Å². The molecule has 0 bridgehead atoms. The molecule has 2 aromatic carbocycles. The highest BCUT2D eigenvalue weighted by Gasteiger charge is 2.15. The largest absolute Gasteiger partial charge is 0.497 e. The van der Waals surface area contributed by atoms with Crippen molar-refractivity contribution < 1.29 is 13.9 Å². The van der Waals surface area contributed by atoms with Crippen LogP contribution in [0.2, 0.25) is 0 Å². The van der Waals surface area contributed by atoms with E-state index >= 15 is 0 Å². The molecule has 0 heterocycles. The van der Waals surface area contributed by atoms with Crippen LogP contribution in [-0.2, 0) is 0 Å². The van der Waals surface area contributed by atoms with Gasteiger partial charge in [0.2, 0.25) is 0 Å². The topological polar surface area (TPSA) is 44.5 Å². The third kappa shape index (κ3) is 2.94. The molecule has 20 heavy (non-hydrogen) atoms. The Balaban J connectivity index is 2.40. The van der Waals surface area contributed by atoms with Gasteiger partial charge in [-0.15, -0.1) is 0 Å². The smallest absolute Gasteiger partial charge is 0.165 e. The molecule has 0 spiro atoms. The molecule has 0 fully saturated rings. The van der Waals surface area contributed by atoms with Gasteiger partial charge in [-0.25, -0.2) is 4.39 Å². The van der Waals surface area contributed by atoms with Crippen LogP contribution in [0.4, 0.5) is 4.39 Å². The number of nitrogens with two attached hydrogens (primary N) is 1. The monoisotopic (exact) mass is 339 g/mol. The van der Waals surface area contributed by atoms with E-state index in [1.54, 1.807) is 19.2 Å². The summed E-state index contributed by atoms with van der Waals surface area (Å²) in [5.41, 5.74) is 7.70. The third-order valence-corrected chi connectivity index (χ3v) is 3.80. The van der Waals surface area contributed by atoms with E-state index in [0.29, 0.717) is 11.3 Å². The first-order chi connectivity index (χ1) is 9.56. The zero-order chi connectivity index (χ0) is 14.7. The summed E-state index contributed by atoms with van der Waals surface area (Å²) in [4.78, 5) is 0. The molecular formula is C15H15BrFNO2. The molecule has 0 aliphatic carbocycles. The van der Waals surface area contributed by atoms with Crippen LogP contribution >= 0.6 is 15.9 Å². The number of rotatable bonds is 4. The maximum Gasteiger partial charge on any atom is 0.165 e. The normalized spacial score (nSPS) is 12.1. The standard InChI is InChI=1S/C15H15BrFNO2/c1-19-10-4-5-12(16)11(8-10)15(18)9-3-6-14(20-2)13(17)7-9/h3-8,15H,18H2,1-2H3. The van der Waals surface area contributed by atoms with Crippen molar-refractivity contribution in [2.45, 2.75) is 6.04 Å². The lowest BCUT2D eigenvalue weighted by molar-refractivity contribution is 0.386. The summed E-state index contributed by atoms with van der Waals surface area (Å²) in [6, 6.07) is 9.76. The van der Waals surface area contributed by atoms with Crippen LogP contribution in [-0.4, -0.2) is 14.2 Å². The molecule has 5 heteroatoms. The molecule has 1 atom stereocenters. The molecule has 0 radical (unpaired) electrons. The minimum absolute atomic E-state index is 0.200. The number of benzene rings is 2. The van der Waals surface area contributed by atoms with Gasteiger partial charge >= 0.3 is 0 Å². The van der Waals surface area contributed by atoms with E-state index in [0.717, 1.165) is 10.0 Å². The van der Waals surface area contributed by atoms with Crippen molar-refractivity contribution in [3.05, 3.63) is 57.8 Å². The fourth-order valence-electron chi connectivity index (χ4n) is 1.94. The van der Waals surface area contributed by atoms with E-state index in [-0.39, 0.29) is 5.75 Å². The van der Waals surface area contributed by atoms with Crippen LogP contribution in [0.15, 0.2) is 40.9 Å². The molecule has 0 saturated carbocycles. The lowest BCUT2D eigenvalue weighted by atomic mass is 9.99. The second-order valence-corrected chi connectivity index (χ2v) is 5.11. The Morgan fingerprint density at radius 1 is 1.10 bits per heavy atom. The van der Waals surface area contributed by atoms with Crippen LogP contribution in [0.3, 0.4) is 0 Å². The highest BCUT2D eigenvalue weighted by atomic mass is 79.9. The van der Waals surface area contributed by atoms with E-state index in [9.17, 15) is 4.39 Å². The molecule has 3 nitrogen and oxygen atoms in total. The second-order valence-electron chi connectivity index (χ2n) is 4.26. The van der Waals surface area contributed by atoms with Crippen LogP contribution in [0.25, 0.3) is 0 Å². The van der Waals surface area contributed by atoms with Crippen molar-refractivity contribution in [2.75, 3.05) is 14.2 Å². The number of halogens is 2. The van der Waals surface area contributed by atoms with Gasteiger partial charge in [0.05, 0.1) is 20.3 Å². The van der Waals surface area contributed by atoms with Gasteiger partial charge in [0.25, 0.3) is 0 Å². The zero-order valence-electron chi connectivity index (χ0n) is 11.2. The highest BCUT2D eigenvalue weighted by Crippen LogP contribution is 2.31. The lowest BCUT2D eigenvalue weighted by Crippen LogP contribution is -2.13. The molecule has 0 saturated heterocycles. The Morgan fingerprint density at radius 2 is 1.85 bits per heavy atom. The number of methoxy groups -OCH3 is 2. The van der Waals surface area contributed by atoms with Gasteiger partial charge < -0.3 is 15.2 Å². The average Bonchev–Trinajstić information content (AvgIpc) is 2.47. The minimum Gasteiger partial charge on any atom is -0.497 e. The fraction of sp³-hybridized carbons (Fsp3) is 0.200. The van der Waals surface area contributed by atoms with Gasteiger partial charge in [-0.1, -0.05) is 22.0 Å². The van der Waals surface area contributed by atoms with Crippen molar-refractivity contribution in [3.8, 4) is 11.5 Å². The summed E-state index contributed by atoms with van der Waals surface area (Å²) in [6.45, 7) is 0. The van der Waals surface area contributed by atoms with Crippen LogP contribution < -0.4 is 15.2 Å². The zero-order valence-corrected chi connectivity index (χ0v) is 12.8.